The second-order valence-corrected chi connectivity index (χ2v) is 5.98. The van der Waals surface area contributed by atoms with Crippen molar-refractivity contribution >= 4 is 5.78 Å². The fourth-order valence-electron chi connectivity index (χ4n) is 3.43. The van der Waals surface area contributed by atoms with Gasteiger partial charge in [-0.25, -0.2) is 0 Å². The SMILES string of the molecule is CC(=O)c1ccc2c(c1CCc1ccccc1)CCCC2. The lowest BCUT2D eigenvalue weighted by Gasteiger charge is -2.21. The maximum atomic E-state index is 12.0. The molecule has 1 aliphatic rings. The Balaban J connectivity index is 1.93. The summed E-state index contributed by atoms with van der Waals surface area (Å²) in [6.07, 6.45) is 6.84. The third-order valence-electron chi connectivity index (χ3n) is 4.54. The van der Waals surface area contributed by atoms with Gasteiger partial charge in [0.2, 0.25) is 0 Å². The minimum atomic E-state index is 0.200. The molecule has 1 aliphatic carbocycles. The normalized spacial score (nSPS) is 13.8. The van der Waals surface area contributed by atoms with E-state index in [1.807, 2.05) is 6.07 Å². The molecule has 0 amide bonds. The van der Waals surface area contributed by atoms with Crippen molar-refractivity contribution in [1.29, 1.82) is 0 Å². The van der Waals surface area contributed by atoms with E-state index < -0.39 is 0 Å². The quantitative estimate of drug-likeness (QED) is 0.750. The van der Waals surface area contributed by atoms with Gasteiger partial charge in [-0.15, -0.1) is 0 Å². The van der Waals surface area contributed by atoms with Crippen LogP contribution in [0.2, 0.25) is 0 Å². The molecule has 0 fully saturated rings. The number of hydrogen-bond donors (Lipinski definition) is 0. The van der Waals surface area contributed by atoms with E-state index in [2.05, 4.69) is 36.4 Å². The number of hydrogen-bond acceptors (Lipinski definition) is 1. The highest BCUT2D eigenvalue weighted by molar-refractivity contribution is 5.96. The molecule has 0 aromatic heterocycles. The van der Waals surface area contributed by atoms with Crippen molar-refractivity contribution < 1.29 is 4.79 Å². The summed E-state index contributed by atoms with van der Waals surface area (Å²) in [7, 11) is 0. The first kappa shape index (κ1) is 14.1. The monoisotopic (exact) mass is 278 g/mol. The van der Waals surface area contributed by atoms with Crippen LogP contribution in [0.5, 0.6) is 0 Å². The molecule has 2 aromatic rings. The summed E-state index contributed by atoms with van der Waals surface area (Å²) >= 11 is 0. The van der Waals surface area contributed by atoms with Crippen LogP contribution in [-0.2, 0) is 25.7 Å². The molecule has 0 heterocycles. The Morgan fingerprint density at radius 3 is 2.48 bits per heavy atom. The van der Waals surface area contributed by atoms with Gasteiger partial charge in [-0.3, -0.25) is 4.79 Å². The Hall–Kier alpha value is -1.89. The lowest BCUT2D eigenvalue weighted by atomic mass is 9.83. The van der Waals surface area contributed by atoms with Crippen molar-refractivity contribution in [2.75, 3.05) is 0 Å². The van der Waals surface area contributed by atoms with Crippen molar-refractivity contribution in [3.8, 4) is 0 Å². The standard InChI is InChI=1S/C20H22O/c1-15(21)18-14-12-17-9-5-6-10-19(17)20(18)13-11-16-7-3-2-4-8-16/h2-4,7-8,12,14H,5-6,9-11,13H2,1H3. The predicted molar refractivity (Wildman–Crippen MR) is 86.9 cm³/mol. The second-order valence-electron chi connectivity index (χ2n) is 5.98. The van der Waals surface area contributed by atoms with Gasteiger partial charge >= 0.3 is 0 Å². The molecule has 0 saturated heterocycles. The van der Waals surface area contributed by atoms with E-state index in [4.69, 9.17) is 0 Å². The third-order valence-corrected chi connectivity index (χ3v) is 4.54. The van der Waals surface area contributed by atoms with Gasteiger partial charge in [-0.05, 0) is 67.7 Å². The van der Waals surface area contributed by atoms with E-state index >= 15 is 0 Å². The smallest absolute Gasteiger partial charge is 0.160 e. The van der Waals surface area contributed by atoms with Gasteiger partial charge in [-0.2, -0.15) is 0 Å². The van der Waals surface area contributed by atoms with Crippen LogP contribution in [0.15, 0.2) is 42.5 Å². The summed E-state index contributed by atoms with van der Waals surface area (Å²) in [5.74, 6) is 0.200. The molecule has 108 valence electrons. The molecule has 0 unspecified atom stereocenters. The molecule has 0 aliphatic heterocycles. The number of rotatable bonds is 4. The zero-order chi connectivity index (χ0) is 14.7. The Morgan fingerprint density at radius 1 is 0.952 bits per heavy atom. The first-order chi connectivity index (χ1) is 10.3. The minimum absolute atomic E-state index is 0.200. The minimum Gasteiger partial charge on any atom is -0.295 e. The molecular formula is C20H22O. The third kappa shape index (κ3) is 3.07. The number of carbonyl (C=O) groups is 1. The summed E-state index contributed by atoms with van der Waals surface area (Å²) < 4.78 is 0. The van der Waals surface area contributed by atoms with Gasteiger partial charge in [0.15, 0.2) is 5.78 Å². The van der Waals surface area contributed by atoms with Gasteiger partial charge in [0.25, 0.3) is 0 Å². The molecule has 0 atom stereocenters. The van der Waals surface area contributed by atoms with Crippen LogP contribution in [0.1, 0.15) is 52.4 Å². The molecule has 0 N–H and O–H groups in total. The molecule has 3 rings (SSSR count). The Bertz CT molecular complexity index is 640. The van der Waals surface area contributed by atoms with E-state index in [0.29, 0.717) is 0 Å². The Labute approximate surface area is 127 Å². The fourth-order valence-corrected chi connectivity index (χ4v) is 3.43. The zero-order valence-electron chi connectivity index (χ0n) is 12.7. The first-order valence-corrected chi connectivity index (χ1v) is 7.94. The number of fused-ring (bicyclic) bond motifs is 1. The van der Waals surface area contributed by atoms with Crippen LogP contribution in [0.25, 0.3) is 0 Å². The van der Waals surface area contributed by atoms with Crippen LogP contribution in [0.3, 0.4) is 0 Å². The molecule has 0 radical (unpaired) electrons. The van der Waals surface area contributed by atoms with E-state index in [1.165, 1.54) is 41.5 Å². The Kier molecular flexibility index (Phi) is 4.19. The van der Waals surface area contributed by atoms with Gasteiger partial charge < -0.3 is 0 Å². The maximum absolute atomic E-state index is 12.0. The molecular weight excluding hydrogens is 256 g/mol. The molecule has 1 heteroatoms. The highest BCUT2D eigenvalue weighted by atomic mass is 16.1. The summed E-state index contributed by atoms with van der Waals surface area (Å²) in [4.78, 5) is 12.0. The number of ketones is 1. The number of benzene rings is 2. The molecule has 2 aromatic carbocycles. The summed E-state index contributed by atoms with van der Waals surface area (Å²) in [5.41, 5.74) is 6.52. The highest BCUT2D eigenvalue weighted by Crippen LogP contribution is 2.28. The van der Waals surface area contributed by atoms with E-state index in [1.54, 1.807) is 6.92 Å². The largest absolute Gasteiger partial charge is 0.295 e. The summed E-state index contributed by atoms with van der Waals surface area (Å²) in [6.45, 7) is 1.69. The summed E-state index contributed by atoms with van der Waals surface area (Å²) in [6, 6.07) is 14.8. The molecule has 1 nitrogen and oxygen atoms in total. The lowest BCUT2D eigenvalue weighted by molar-refractivity contribution is 0.101. The van der Waals surface area contributed by atoms with E-state index in [0.717, 1.165) is 24.8 Å². The van der Waals surface area contributed by atoms with Crippen molar-refractivity contribution in [1.82, 2.24) is 0 Å². The fraction of sp³-hybridized carbons (Fsp3) is 0.350. The topological polar surface area (TPSA) is 17.1 Å². The van der Waals surface area contributed by atoms with Crippen LogP contribution in [-0.4, -0.2) is 5.78 Å². The Morgan fingerprint density at radius 2 is 1.71 bits per heavy atom. The van der Waals surface area contributed by atoms with Gasteiger partial charge in [0.05, 0.1) is 0 Å². The predicted octanol–water partition coefficient (Wildman–Crippen LogP) is 4.55. The van der Waals surface area contributed by atoms with Crippen LogP contribution in [0, 0.1) is 0 Å². The van der Waals surface area contributed by atoms with Crippen molar-refractivity contribution in [3.63, 3.8) is 0 Å². The number of aryl methyl sites for hydroxylation is 2. The lowest BCUT2D eigenvalue weighted by Crippen LogP contribution is -2.12. The average Bonchev–Trinajstić information content (AvgIpc) is 2.53. The summed E-state index contributed by atoms with van der Waals surface area (Å²) in [5, 5.41) is 0. The van der Waals surface area contributed by atoms with Crippen molar-refractivity contribution in [2.24, 2.45) is 0 Å². The molecule has 0 bridgehead atoms. The van der Waals surface area contributed by atoms with E-state index in [-0.39, 0.29) is 5.78 Å². The molecule has 0 saturated carbocycles. The maximum Gasteiger partial charge on any atom is 0.160 e. The average molecular weight is 278 g/mol. The van der Waals surface area contributed by atoms with Crippen molar-refractivity contribution in [2.45, 2.75) is 45.4 Å². The second kappa shape index (κ2) is 6.26. The number of Topliss-reactive ketones (excluding diaryl/α,β-unsaturated/α-hetero) is 1. The number of carbonyl (C=O) groups excluding carboxylic acids is 1. The van der Waals surface area contributed by atoms with E-state index in [9.17, 15) is 4.79 Å². The first-order valence-electron chi connectivity index (χ1n) is 7.94. The van der Waals surface area contributed by atoms with Crippen LogP contribution >= 0.6 is 0 Å². The van der Waals surface area contributed by atoms with Gasteiger partial charge in [0, 0.05) is 5.56 Å². The molecule has 0 spiro atoms. The molecule has 21 heavy (non-hydrogen) atoms. The van der Waals surface area contributed by atoms with Crippen LogP contribution in [0.4, 0.5) is 0 Å². The van der Waals surface area contributed by atoms with Gasteiger partial charge in [0.1, 0.15) is 0 Å². The highest BCUT2D eigenvalue weighted by Gasteiger charge is 2.18. The van der Waals surface area contributed by atoms with Crippen molar-refractivity contribution in [3.05, 3.63) is 70.3 Å². The van der Waals surface area contributed by atoms with Crippen LogP contribution < -0.4 is 0 Å². The van der Waals surface area contributed by atoms with Gasteiger partial charge in [-0.1, -0.05) is 42.5 Å². The zero-order valence-corrected chi connectivity index (χ0v) is 12.7.